The van der Waals surface area contributed by atoms with Gasteiger partial charge in [0.1, 0.15) is 11.2 Å². The minimum absolute atomic E-state index is 0.141. The molecule has 3 atom stereocenters. The molecule has 9 heteroatoms. The van der Waals surface area contributed by atoms with Crippen molar-refractivity contribution in [2.24, 2.45) is 54.7 Å². The van der Waals surface area contributed by atoms with Crippen LogP contribution >= 0.6 is 0 Å². The number of carbonyl (C=O) groups excluding carboxylic acids is 4. The predicted molar refractivity (Wildman–Crippen MR) is 250 cm³/mol. The van der Waals surface area contributed by atoms with E-state index >= 15 is 4.79 Å². The molecular weight excluding hydrogens is 767 g/mol. The Balaban J connectivity index is 3.87. The van der Waals surface area contributed by atoms with Crippen LogP contribution in [0.3, 0.4) is 0 Å². The molecule has 1 fully saturated rings. The maximum Gasteiger partial charge on any atom is 0.410 e. The Morgan fingerprint density at radius 1 is 0.590 bits per heavy atom. The van der Waals surface area contributed by atoms with Crippen molar-refractivity contribution in [2.75, 3.05) is 26.3 Å². The molecule has 1 saturated heterocycles. The minimum atomic E-state index is -1.07. The Hall–Kier alpha value is -2.32. The van der Waals surface area contributed by atoms with Gasteiger partial charge in [0, 0.05) is 25.9 Å². The van der Waals surface area contributed by atoms with Crippen LogP contribution < -0.4 is 0 Å². The molecule has 0 saturated carbocycles. The summed E-state index contributed by atoms with van der Waals surface area (Å²) < 4.78 is 24.7. The molecule has 0 aromatic rings. The lowest BCUT2D eigenvalue weighted by Gasteiger charge is -2.60. The summed E-state index contributed by atoms with van der Waals surface area (Å²) in [4.78, 5) is 59.0. The fourth-order valence-corrected chi connectivity index (χ4v) is 9.63. The summed E-state index contributed by atoms with van der Waals surface area (Å²) in [5, 5.41) is 0. The minimum Gasteiger partial charge on any atom is -0.465 e. The summed E-state index contributed by atoms with van der Waals surface area (Å²) in [6.45, 7) is 51.7. The summed E-state index contributed by atoms with van der Waals surface area (Å²) >= 11 is 0. The van der Waals surface area contributed by atoms with Gasteiger partial charge in [-0.1, -0.05) is 131 Å². The number of ether oxygens (including phenoxy) is 4. The van der Waals surface area contributed by atoms with Crippen molar-refractivity contribution in [1.82, 2.24) is 4.90 Å². The Morgan fingerprint density at radius 2 is 1.02 bits per heavy atom. The van der Waals surface area contributed by atoms with Crippen LogP contribution in [0.4, 0.5) is 4.79 Å². The standard InChI is InChI=1S/C52H97NO8/c1-25-27-32-58-38(54)50(23,34-42(5,6)7)47(18,19)46(16,17)36-51(24,39(55)59-33-37(3)4)48(20,21)45(14,15)35-49(22,43(8,9)10)40(56)60-52(26-2)28-30-53(31-29-52)41(57)61-44(11,12)13/h37H,25-36H2,1-24H3. The molecular formula is C52H97NO8. The normalized spacial score (nSPS) is 19.0. The third-order valence-corrected chi connectivity index (χ3v) is 16.2. The molecule has 3 unspecified atom stereocenters. The summed E-state index contributed by atoms with van der Waals surface area (Å²) in [5.41, 5.74) is -7.55. The SMILES string of the molecule is CCCCOC(=O)C(C)(CC(C)(C)C)C(C)(C)C(C)(C)CC(C)(C(=O)OCC(C)C)C(C)(C)C(C)(C)CC(C)(C(=O)OC1(CC)CCN(C(=O)OC(C)(C)C)CC1)C(C)(C)C. The zero-order chi connectivity index (χ0) is 48.3. The molecule has 0 bridgehead atoms. The fraction of sp³-hybridized carbons (Fsp3) is 0.923. The van der Waals surface area contributed by atoms with Crippen molar-refractivity contribution in [3.8, 4) is 0 Å². The first-order valence-electron chi connectivity index (χ1n) is 23.6. The van der Waals surface area contributed by atoms with Crippen LogP contribution in [-0.2, 0) is 33.3 Å². The molecule has 0 aliphatic carbocycles. The predicted octanol–water partition coefficient (Wildman–Crippen LogP) is 13.6. The smallest absolute Gasteiger partial charge is 0.410 e. The second-order valence-electron chi connectivity index (χ2n) is 25.7. The number of hydrogen-bond donors (Lipinski definition) is 0. The number of amides is 1. The maximum absolute atomic E-state index is 15.0. The van der Waals surface area contributed by atoms with Gasteiger partial charge in [0.05, 0.1) is 29.5 Å². The van der Waals surface area contributed by atoms with Gasteiger partial charge in [0.15, 0.2) is 0 Å². The summed E-state index contributed by atoms with van der Waals surface area (Å²) in [7, 11) is 0. The van der Waals surface area contributed by atoms with E-state index in [1.54, 1.807) is 4.90 Å². The third kappa shape index (κ3) is 12.9. The Morgan fingerprint density at radius 3 is 1.39 bits per heavy atom. The van der Waals surface area contributed by atoms with Crippen molar-refractivity contribution in [1.29, 1.82) is 0 Å². The molecule has 358 valence electrons. The third-order valence-electron chi connectivity index (χ3n) is 16.2. The van der Waals surface area contributed by atoms with E-state index in [1.165, 1.54) is 0 Å². The van der Waals surface area contributed by atoms with Crippen molar-refractivity contribution in [3.05, 3.63) is 0 Å². The van der Waals surface area contributed by atoms with Gasteiger partial charge in [0.2, 0.25) is 0 Å². The van der Waals surface area contributed by atoms with Crippen LogP contribution in [0.25, 0.3) is 0 Å². The summed E-state index contributed by atoms with van der Waals surface area (Å²) in [6.07, 6.45) is 4.52. The number of rotatable bonds is 19. The number of esters is 3. The van der Waals surface area contributed by atoms with Crippen molar-refractivity contribution in [3.63, 3.8) is 0 Å². The maximum atomic E-state index is 15.0. The summed E-state index contributed by atoms with van der Waals surface area (Å²) in [6, 6.07) is 0. The van der Waals surface area contributed by atoms with Gasteiger partial charge < -0.3 is 23.8 Å². The van der Waals surface area contributed by atoms with Crippen molar-refractivity contribution in [2.45, 2.75) is 229 Å². The molecule has 9 nitrogen and oxygen atoms in total. The van der Waals surface area contributed by atoms with E-state index in [-0.39, 0.29) is 41.9 Å². The Kier molecular flexibility index (Phi) is 18.1. The highest BCUT2D eigenvalue weighted by molar-refractivity contribution is 5.80. The number of hydrogen-bond acceptors (Lipinski definition) is 8. The lowest BCUT2D eigenvalue weighted by atomic mass is 9.43. The van der Waals surface area contributed by atoms with Crippen molar-refractivity contribution >= 4 is 24.0 Å². The monoisotopic (exact) mass is 864 g/mol. The highest BCUT2D eigenvalue weighted by atomic mass is 16.6. The molecule has 1 heterocycles. The Bertz CT molecular complexity index is 1490. The average Bonchev–Trinajstić information content (AvgIpc) is 3.07. The zero-order valence-electron chi connectivity index (χ0n) is 44.3. The second kappa shape index (κ2) is 19.4. The number of likely N-dealkylation sites (tertiary alicyclic amines) is 1. The molecule has 0 spiro atoms. The van der Waals surface area contributed by atoms with Gasteiger partial charge in [-0.15, -0.1) is 0 Å². The first-order valence-corrected chi connectivity index (χ1v) is 23.6. The van der Waals surface area contributed by atoms with Gasteiger partial charge in [0.25, 0.3) is 0 Å². The first kappa shape index (κ1) is 56.7. The number of nitrogens with zero attached hydrogens (tertiary/aromatic N) is 1. The molecule has 1 aliphatic rings. The van der Waals surface area contributed by atoms with E-state index in [0.29, 0.717) is 58.2 Å². The van der Waals surface area contributed by atoms with Crippen LogP contribution in [-0.4, -0.2) is 66.4 Å². The zero-order valence-corrected chi connectivity index (χ0v) is 44.3. The highest BCUT2D eigenvalue weighted by Crippen LogP contribution is 2.66. The van der Waals surface area contributed by atoms with Crippen LogP contribution in [0.1, 0.15) is 218 Å². The molecule has 0 N–H and O–H groups in total. The lowest BCUT2D eigenvalue weighted by Crippen LogP contribution is -2.59. The molecule has 1 aliphatic heterocycles. The quantitative estimate of drug-likeness (QED) is 0.0717. The van der Waals surface area contributed by atoms with Crippen LogP contribution in [0.2, 0.25) is 0 Å². The second-order valence-corrected chi connectivity index (χ2v) is 25.7. The highest BCUT2D eigenvalue weighted by Gasteiger charge is 2.64. The van der Waals surface area contributed by atoms with Crippen molar-refractivity contribution < 1.29 is 38.1 Å². The van der Waals surface area contributed by atoms with Gasteiger partial charge in [-0.25, -0.2) is 4.79 Å². The van der Waals surface area contributed by atoms with E-state index in [1.807, 2.05) is 55.4 Å². The molecule has 0 aromatic heterocycles. The summed E-state index contributed by atoms with van der Waals surface area (Å²) in [5.74, 6) is -0.588. The number of piperidine rings is 1. The van der Waals surface area contributed by atoms with Gasteiger partial charge in [-0.3, -0.25) is 14.4 Å². The molecule has 0 radical (unpaired) electrons. The van der Waals surface area contributed by atoms with E-state index in [4.69, 9.17) is 18.9 Å². The Labute approximate surface area is 375 Å². The van der Waals surface area contributed by atoms with Gasteiger partial charge in [-0.2, -0.15) is 0 Å². The van der Waals surface area contributed by atoms with Gasteiger partial charge in [-0.05, 0) is 112 Å². The molecule has 1 amide bonds. The van der Waals surface area contributed by atoms with Crippen LogP contribution in [0, 0.1) is 54.7 Å². The van der Waals surface area contributed by atoms with E-state index in [2.05, 4.69) is 111 Å². The van der Waals surface area contributed by atoms with Gasteiger partial charge >= 0.3 is 24.0 Å². The number of unbranched alkanes of at least 4 members (excludes halogenated alkanes) is 1. The molecule has 1 rings (SSSR count). The van der Waals surface area contributed by atoms with E-state index < -0.39 is 54.5 Å². The van der Waals surface area contributed by atoms with Crippen LogP contribution in [0.5, 0.6) is 0 Å². The van der Waals surface area contributed by atoms with Crippen LogP contribution in [0.15, 0.2) is 0 Å². The average molecular weight is 864 g/mol. The molecule has 61 heavy (non-hydrogen) atoms. The first-order chi connectivity index (χ1) is 27.1. The van der Waals surface area contributed by atoms with E-state index in [9.17, 15) is 14.4 Å². The largest absolute Gasteiger partial charge is 0.465 e. The van der Waals surface area contributed by atoms with E-state index in [0.717, 1.165) is 12.8 Å². The number of carbonyl (C=O) groups is 4. The fourth-order valence-electron chi connectivity index (χ4n) is 9.63. The lowest BCUT2D eigenvalue weighted by molar-refractivity contribution is -0.197. The topological polar surface area (TPSA) is 108 Å². The molecule has 0 aromatic carbocycles.